The number of aryl methyl sites for hydroxylation is 1. The fourth-order valence-corrected chi connectivity index (χ4v) is 2.93. The second-order valence-electron chi connectivity index (χ2n) is 4.32. The molecule has 19 heavy (non-hydrogen) atoms. The number of fused-ring (bicyclic) bond motifs is 1. The Kier molecular flexibility index (Phi) is 2.80. The van der Waals surface area contributed by atoms with Crippen LogP contribution in [-0.4, -0.2) is 15.9 Å². The van der Waals surface area contributed by atoms with Crippen molar-refractivity contribution in [1.82, 2.24) is 4.98 Å². The van der Waals surface area contributed by atoms with Gasteiger partial charge in [0.25, 0.3) is 0 Å². The second-order valence-corrected chi connectivity index (χ2v) is 5.35. The van der Waals surface area contributed by atoms with Gasteiger partial charge in [-0.15, -0.1) is 11.3 Å². The normalized spacial score (nSPS) is 10.8. The minimum atomic E-state index is -0.111. The monoisotopic (exact) mass is 269 g/mol. The van der Waals surface area contributed by atoms with E-state index in [2.05, 4.69) is 4.98 Å². The summed E-state index contributed by atoms with van der Waals surface area (Å²) < 4.78 is 1.02. The second kappa shape index (κ2) is 4.48. The van der Waals surface area contributed by atoms with Crippen molar-refractivity contribution in [1.29, 1.82) is 0 Å². The molecule has 3 rings (SSSR count). The highest BCUT2D eigenvalue weighted by molar-refractivity contribution is 7.20. The molecule has 0 saturated carbocycles. The van der Waals surface area contributed by atoms with Crippen LogP contribution in [0.25, 0.3) is 10.2 Å². The van der Waals surface area contributed by atoms with Crippen molar-refractivity contribution in [2.45, 2.75) is 6.92 Å². The quantitative estimate of drug-likeness (QED) is 0.724. The molecule has 0 fully saturated rings. The van der Waals surface area contributed by atoms with Crippen LogP contribution in [0.4, 0.5) is 0 Å². The van der Waals surface area contributed by atoms with Gasteiger partial charge in [-0.1, -0.05) is 12.1 Å². The van der Waals surface area contributed by atoms with Crippen molar-refractivity contribution in [2.24, 2.45) is 0 Å². The number of hydrogen-bond acceptors (Lipinski definition) is 4. The number of aromatic hydroxyl groups is 1. The molecule has 94 valence electrons. The van der Waals surface area contributed by atoms with Gasteiger partial charge < -0.3 is 5.11 Å². The van der Waals surface area contributed by atoms with E-state index in [1.807, 2.05) is 25.1 Å². The summed E-state index contributed by atoms with van der Waals surface area (Å²) in [6.07, 6.45) is 0. The molecule has 0 aliphatic heterocycles. The van der Waals surface area contributed by atoms with Gasteiger partial charge in [-0.2, -0.15) is 0 Å². The lowest BCUT2D eigenvalue weighted by molar-refractivity contribution is 0.103. The fourth-order valence-electron chi connectivity index (χ4n) is 1.92. The molecule has 0 unspecified atom stereocenters. The maximum Gasteiger partial charge on any atom is 0.221 e. The Morgan fingerprint density at radius 1 is 1.16 bits per heavy atom. The molecular weight excluding hydrogens is 258 g/mol. The largest absolute Gasteiger partial charge is 0.508 e. The van der Waals surface area contributed by atoms with E-state index in [1.54, 1.807) is 12.1 Å². The lowest BCUT2D eigenvalue weighted by atomic mass is 10.1. The summed E-state index contributed by atoms with van der Waals surface area (Å²) in [5.41, 5.74) is 2.49. The maximum atomic E-state index is 12.3. The SMILES string of the molecule is Cc1cccc2sc(C(=O)c3ccc(O)cc3)nc12. The Bertz CT molecular complexity index is 759. The molecule has 1 heterocycles. The highest BCUT2D eigenvalue weighted by Crippen LogP contribution is 2.26. The van der Waals surface area contributed by atoms with Crippen molar-refractivity contribution in [3.05, 3.63) is 58.6 Å². The number of thiazole rings is 1. The lowest BCUT2D eigenvalue weighted by Crippen LogP contribution is -1.99. The molecule has 0 aliphatic rings. The number of carbonyl (C=O) groups is 1. The Morgan fingerprint density at radius 3 is 2.58 bits per heavy atom. The molecule has 3 nitrogen and oxygen atoms in total. The Balaban J connectivity index is 2.06. The molecule has 3 aromatic rings. The average molecular weight is 269 g/mol. The van der Waals surface area contributed by atoms with Crippen LogP contribution in [0.5, 0.6) is 5.75 Å². The Labute approximate surface area is 114 Å². The number of aromatic nitrogens is 1. The number of ketones is 1. The molecule has 0 amide bonds. The zero-order valence-corrected chi connectivity index (χ0v) is 11.1. The summed E-state index contributed by atoms with van der Waals surface area (Å²) in [6.45, 7) is 1.98. The van der Waals surface area contributed by atoms with Crippen molar-refractivity contribution in [2.75, 3.05) is 0 Å². The molecule has 1 N–H and O–H groups in total. The van der Waals surface area contributed by atoms with Crippen molar-refractivity contribution in [3.63, 3.8) is 0 Å². The molecule has 0 aliphatic carbocycles. The first-order valence-corrected chi connectivity index (χ1v) is 6.67. The van der Waals surface area contributed by atoms with Crippen molar-refractivity contribution in [3.8, 4) is 5.75 Å². The van der Waals surface area contributed by atoms with E-state index in [0.717, 1.165) is 15.8 Å². The fraction of sp³-hybridized carbons (Fsp3) is 0.0667. The van der Waals surface area contributed by atoms with Crippen LogP contribution in [0, 0.1) is 6.92 Å². The number of rotatable bonds is 2. The van der Waals surface area contributed by atoms with Gasteiger partial charge in [-0.25, -0.2) is 4.98 Å². The van der Waals surface area contributed by atoms with Crippen LogP contribution in [0.2, 0.25) is 0 Å². The van der Waals surface area contributed by atoms with Gasteiger partial charge in [-0.05, 0) is 42.8 Å². The smallest absolute Gasteiger partial charge is 0.221 e. The summed E-state index contributed by atoms with van der Waals surface area (Å²) in [5.74, 6) is 0.0392. The zero-order valence-electron chi connectivity index (χ0n) is 10.3. The van der Waals surface area contributed by atoms with Gasteiger partial charge in [0.05, 0.1) is 10.2 Å². The van der Waals surface area contributed by atoms with E-state index >= 15 is 0 Å². The standard InChI is InChI=1S/C15H11NO2S/c1-9-3-2-4-12-13(9)16-15(19-12)14(18)10-5-7-11(17)8-6-10/h2-8,17H,1H3. The van der Waals surface area contributed by atoms with Crippen LogP contribution in [-0.2, 0) is 0 Å². The predicted molar refractivity (Wildman–Crippen MR) is 75.9 cm³/mol. The van der Waals surface area contributed by atoms with Gasteiger partial charge in [0.2, 0.25) is 5.78 Å². The third kappa shape index (κ3) is 2.11. The van der Waals surface area contributed by atoms with Gasteiger partial charge in [0.1, 0.15) is 5.75 Å². The molecular formula is C15H11NO2S. The number of phenols is 1. The molecule has 0 spiro atoms. The first kappa shape index (κ1) is 11.9. The third-order valence-corrected chi connectivity index (χ3v) is 3.96. The Hall–Kier alpha value is -2.20. The average Bonchev–Trinajstić information content (AvgIpc) is 2.84. The number of para-hydroxylation sites is 1. The minimum Gasteiger partial charge on any atom is -0.508 e. The van der Waals surface area contributed by atoms with E-state index in [-0.39, 0.29) is 11.5 Å². The first-order chi connectivity index (χ1) is 9.15. The third-order valence-electron chi connectivity index (χ3n) is 2.94. The summed E-state index contributed by atoms with van der Waals surface area (Å²) in [4.78, 5) is 16.7. The van der Waals surface area contributed by atoms with E-state index in [4.69, 9.17) is 0 Å². The number of nitrogens with zero attached hydrogens (tertiary/aromatic N) is 1. The topological polar surface area (TPSA) is 50.2 Å². The van der Waals surface area contributed by atoms with Crippen LogP contribution >= 0.6 is 11.3 Å². The van der Waals surface area contributed by atoms with Gasteiger partial charge in [0.15, 0.2) is 5.01 Å². The van der Waals surface area contributed by atoms with Gasteiger partial charge in [-0.3, -0.25) is 4.79 Å². The Morgan fingerprint density at radius 2 is 1.89 bits per heavy atom. The van der Waals surface area contributed by atoms with Gasteiger partial charge >= 0.3 is 0 Å². The molecule has 2 aromatic carbocycles. The van der Waals surface area contributed by atoms with Crippen LogP contribution in [0.15, 0.2) is 42.5 Å². The summed E-state index contributed by atoms with van der Waals surface area (Å²) >= 11 is 1.40. The number of carbonyl (C=O) groups excluding carboxylic acids is 1. The number of hydrogen-bond donors (Lipinski definition) is 1. The molecule has 0 saturated heterocycles. The van der Waals surface area contributed by atoms with E-state index in [1.165, 1.54) is 23.5 Å². The zero-order chi connectivity index (χ0) is 13.4. The summed E-state index contributed by atoms with van der Waals surface area (Å²) in [6, 6.07) is 12.1. The van der Waals surface area contributed by atoms with Crippen molar-refractivity contribution < 1.29 is 9.90 Å². The summed E-state index contributed by atoms with van der Waals surface area (Å²) in [7, 11) is 0. The van der Waals surface area contributed by atoms with Crippen LogP contribution < -0.4 is 0 Å². The maximum absolute atomic E-state index is 12.3. The van der Waals surface area contributed by atoms with E-state index < -0.39 is 0 Å². The van der Waals surface area contributed by atoms with E-state index in [9.17, 15) is 9.90 Å². The molecule has 0 radical (unpaired) electrons. The first-order valence-electron chi connectivity index (χ1n) is 5.85. The van der Waals surface area contributed by atoms with Crippen LogP contribution in [0.3, 0.4) is 0 Å². The van der Waals surface area contributed by atoms with E-state index in [0.29, 0.717) is 10.6 Å². The van der Waals surface area contributed by atoms with Gasteiger partial charge in [0, 0.05) is 5.56 Å². The van der Waals surface area contributed by atoms with Crippen LogP contribution in [0.1, 0.15) is 20.9 Å². The minimum absolute atomic E-state index is 0.111. The lowest BCUT2D eigenvalue weighted by Gasteiger charge is -1.97. The summed E-state index contributed by atoms with van der Waals surface area (Å²) in [5, 5.41) is 9.72. The number of benzene rings is 2. The molecule has 1 aromatic heterocycles. The highest BCUT2D eigenvalue weighted by Gasteiger charge is 2.15. The molecule has 0 atom stereocenters. The van der Waals surface area contributed by atoms with Crippen molar-refractivity contribution >= 4 is 27.3 Å². The predicted octanol–water partition coefficient (Wildman–Crippen LogP) is 3.54. The highest BCUT2D eigenvalue weighted by atomic mass is 32.1. The molecule has 0 bridgehead atoms. The number of phenolic OH excluding ortho intramolecular Hbond substituents is 1. The molecule has 4 heteroatoms.